The first-order chi connectivity index (χ1) is 38.0. The van der Waals surface area contributed by atoms with Crippen molar-refractivity contribution < 1.29 is 96.7 Å². The van der Waals surface area contributed by atoms with Crippen LogP contribution in [0.5, 0.6) is 23.0 Å². The van der Waals surface area contributed by atoms with Crippen LogP contribution in [0.3, 0.4) is 0 Å². The fraction of sp³-hybridized carbons (Fsp3) is 0.418. The van der Waals surface area contributed by atoms with Crippen LogP contribution >= 0.6 is 0 Å². The van der Waals surface area contributed by atoms with Crippen molar-refractivity contribution in [2.75, 3.05) is 125 Å². The van der Waals surface area contributed by atoms with Gasteiger partial charge in [-0.1, -0.05) is 38.1 Å². The number of aromatic hydroxyl groups is 4. The highest BCUT2D eigenvalue weighted by Gasteiger charge is 2.30. The van der Waals surface area contributed by atoms with E-state index in [9.17, 15) is 58.8 Å². The van der Waals surface area contributed by atoms with E-state index in [1.807, 2.05) is 0 Å². The first kappa shape index (κ1) is 58.4. The summed E-state index contributed by atoms with van der Waals surface area (Å²) in [5.41, 5.74) is -2.65. The molecule has 0 saturated carbocycles. The number of rotatable bonds is 1. The van der Waals surface area contributed by atoms with Crippen LogP contribution in [0.2, 0.25) is 0 Å². The summed E-state index contributed by atoms with van der Waals surface area (Å²) in [5.74, 6) is -10.9. The molecule has 0 aliphatic carbocycles. The van der Waals surface area contributed by atoms with Crippen molar-refractivity contribution in [2.24, 2.45) is 5.92 Å². The van der Waals surface area contributed by atoms with Gasteiger partial charge in [0.1, 0.15) is 120 Å². The number of para-hydroxylation sites is 4. The quantitative estimate of drug-likeness (QED) is 0.157. The van der Waals surface area contributed by atoms with Gasteiger partial charge >= 0.3 is 47.8 Å². The number of fused-ring (bicyclic) bond motifs is 16. The van der Waals surface area contributed by atoms with Crippen molar-refractivity contribution in [1.82, 2.24) is 19.6 Å². The molecule has 0 fully saturated rings. The first-order valence-electron chi connectivity index (χ1n) is 25.6. The van der Waals surface area contributed by atoms with E-state index < -0.39 is 76.9 Å². The van der Waals surface area contributed by atoms with Crippen LogP contribution in [0.25, 0.3) is 0 Å². The lowest BCUT2D eigenvalue weighted by molar-refractivity contribution is 0.000718. The molecule has 0 saturated heterocycles. The van der Waals surface area contributed by atoms with Gasteiger partial charge in [0, 0.05) is 78.5 Å². The summed E-state index contributed by atoms with van der Waals surface area (Å²) < 4.78 is 45.2. The maximum absolute atomic E-state index is 14.0. The summed E-state index contributed by atoms with van der Waals surface area (Å²) in [7, 11) is 0. The van der Waals surface area contributed by atoms with Crippen LogP contribution in [0.1, 0.15) is 96.7 Å². The summed E-state index contributed by atoms with van der Waals surface area (Å²) in [4.78, 5) is 116. The van der Waals surface area contributed by atoms with E-state index in [-0.39, 0.29) is 175 Å². The Morgan fingerprint density at radius 2 is 0.532 bits per heavy atom. The Kier molecular flexibility index (Phi) is 20.6. The molecule has 4 aliphatic heterocycles. The van der Waals surface area contributed by atoms with Crippen molar-refractivity contribution in [3.8, 4) is 23.0 Å². The third kappa shape index (κ3) is 15.5. The number of cyclic esters (lactones) is 2. The molecular weight excluding hydrogens is 1040 g/mol. The molecule has 422 valence electrons. The second kappa shape index (κ2) is 27.8. The van der Waals surface area contributed by atoms with Gasteiger partial charge in [-0.05, 0) is 54.4 Å². The Morgan fingerprint density at radius 3 is 0.759 bits per heavy atom. The van der Waals surface area contributed by atoms with Crippen LogP contribution in [0, 0.1) is 5.92 Å². The SMILES string of the molecule is CC(C)C1CN2CCOC(=O)c3cccc(c3O)C(=O)OCCN(CCOC(=O)c3cccc(c3O)C(=O)O1)CCN1CCOC(=O)c3cccc(c3O)C(=O)OCCN(CCOC(=O)c3cccc(c3O)C(=O)OCC1)CC2. The van der Waals surface area contributed by atoms with Gasteiger partial charge in [-0.15, -0.1) is 0 Å². The maximum atomic E-state index is 14.0. The highest BCUT2D eigenvalue weighted by atomic mass is 16.6. The molecule has 4 aromatic carbocycles. The molecule has 12 bridgehead atoms. The number of hydrogen-bond acceptors (Lipinski definition) is 24. The number of carbonyl (C=O) groups is 8. The van der Waals surface area contributed by atoms with Crippen molar-refractivity contribution >= 4 is 47.8 Å². The van der Waals surface area contributed by atoms with Gasteiger partial charge in [0.2, 0.25) is 0 Å². The number of nitrogens with zero attached hydrogens (tertiary/aromatic N) is 4. The number of esters is 8. The van der Waals surface area contributed by atoms with E-state index in [1.165, 1.54) is 72.8 Å². The molecule has 4 aliphatic rings. The second-order valence-corrected chi connectivity index (χ2v) is 18.8. The van der Waals surface area contributed by atoms with Crippen LogP contribution in [-0.2, 0) is 37.9 Å². The van der Waals surface area contributed by atoms with Crippen molar-refractivity contribution in [1.29, 1.82) is 0 Å². The highest BCUT2D eigenvalue weighted by molar-refractivity contribution is 6.02. The number of phenolic OH excluding ortho intramolecular Hbond substituents is 4. The van der Waals surface area contributed by atoms with Gasteiger partial charge in [0.25, 0.3) is 0 Å². The number of phenols is 4. The van der Waals surface area contributed by atoms with Gasteiger partial charge < -0.3 is 58.3 Å². The topological polar surface area (TPSA) is 304 Å². The van der Waals surface area contributed by atoms with Gasteiger partial charge in [-0.3, -0.25) is 19.6 Å². The predicted molar refractivity (Wildman–Crippen MR) is 274 cm³/mol. The van der Waals surface area contributed by atoms with Crippen molar-refractivity contribution in [3.63, 3.8) is 0 Å². The Morgan fingerprint density at radius 1 is 0.329 bits per heavy atom. The fourth-order valence-electron chi connectivity index (χ4n) is 8.61. The maximum Gasteiger partial charge on any atom is 0.342 e. The van der Waals surface area contributed by atoms with Crippen molar-refractivity contribution in [2.45, 2.75) is 20.0 Å². The van der Waals surface area contributed by atoms with Crippen molar-refractivity contribution in [3.05, 3.63) is 117 Å². The first-order valence-corrected chi connectivity index (χ1v) is 25.6. The minimum Gasteiger partial charge on any atom is -0.506 e. The zero-order valence-corrected chi connectivity index (χ0v) is 43.6. The Labute approximate surface area is 453 Å². The van der Waals surface area contributed by atoms with E-state index in [0.717, 1.165) is 0 Å². The Bertz CT molecular complexity index is 2800. The molecule has 24 nitrogen and oxygen atoms in total. The van der Waals surface area contributed by atoms with E-state index in [2.05, 4.69) is 0 Å². The predicted octanol–water partition coefficient (Wildman–Crippen LogP) is 3.14. The zero-order chi connectivity index (χ0) is 56.6. The summed E-state index contributed by atoms with van der Waals surface area (Å²) >= 11 is 0. The van der Waals surface area contributed by atoms with Crippen LogP contribution < -0.4 is 0 Å². The number of hydrogen-bond donors (Lipinski definition) is 4. The van der Waals surface area contributed by atoms with E-state index in [0.29, 0.717) is 0 Å². The largest absolute Gasteiger partial charge is 0.506 e. The standard InChI is InChI=1S/C55H62N4O20/c1-34(2)43-33-59-18-17-58-23-30-75-51(67)37-9-3-7-35(44(37)60)48(64)72-26-19-56(20-27-73-49(65)36-8-4-10-38(45(36)61)52(68)76-31-24-58)15-16-57(22-29-77-54(70)41-13-6-14-42(47(41)63)55(71)79-43)21-28-74-50(66)39-11-5-12-40(46(39)62)53(69)78-32-25-59/h3-14,34,43,60-63H,15-33H2,1-2H3. The molecule has 4 N–H and O–H groups in total. The number of ether oxygens (including phenoxy) is 8. The minimum absolute atomic E-state index is 0.0293. The van der Waals surface area contributed by atoms with Gasteiger partial charge in [-0.25, -0.2) is 38.4 Å². The molecule has 3 atom stereocenters. The van der Waals surface area contributed by atoms with E-state index in [4.69, 9.17) is 37.9 Å². The monoisotopic (exact) mass is 1100 g/mol. The van der Waals surface area contributed by atoms with Crippen LogP contribution in [0.4, 0.5) is 0 Å². The van der Waals surface area contributed by atoms with Gasteiger partial charge in [0.05, 0.1) is 0 Å². The molecule has 79 heavy (non-hydrogen) atoms. The van der Waals surface area contributed by atoms with Gasteiger partial charge in [-0.2, -0.15) is 0 Å². The number of benzene rings is 4. The molecule has 0 radical (unpaired) electrons. The smallest absolute Gasteiger partial charge is 0.342 e. The summed E-state index contributed by atoms with van der Waals surface area (Å²) in [6.45, 7) is 1.50. The van der Waals surface area contributed by atoms with Crippen LogP contribution in [-0.4, -0.2) is 219 Å². The third-order valence-corrected chi connectivity index (χ3v) is 13.3. The molecule has 8 rings (SSSR count). The summed E-state index contributed by atoms with van der Waals surface area (Å²) in [6, 6.07) is 15.6. The lowest BCUT2D eigenvalue weighted by Crippen LogP contribution is -2.44. The average molecular weight is 1100 g/mol. The zero-order valence-electron chi connectivity index (χ0n) is 43.6. The van der Waals surface area contributed by atoms with E-state index in [1.54, 1.807) is 33.4 Å². The molecule has 0 amide bonds. The molecule has 24 heteroatoms. The summed E-state index contributed by atoms with van der Waals surface area (Å²) in [6.07, 6.45) is -0.921. The highest BCUT2D eigenvalue weighted by Crippen LogP contribution is 2.29. The van der Waals surface area contributed by atoms with Gasteiger partial charge in [0.15, 0.2) is 0 Å². The lowest BCUT2D eigenvalue weighted by Gasteiger charge is -2.31. The normalized spacial score (nSPS) is 22.5. The summed E-state index contributed by atoms with van der Waals surface area (Å²) in [5, 5.41) is 45.0. The van der Waals surface area contributed by atoms with Crippen LogP contribution in [0.15, 0.2) is 72.8 Å². The number of carbonyl (C=O) groups excluding carboxylic acids is 8. The molecule has 3 unspecified atom stereocenters. The molecule has 4 aromatic rings. The second-order valence-electron chi connectivity index (χ2n) is 18.8. The molecule has 0 spiro atoms. The fourth-order valence-corrected chi connectivity index (χ4v) is 8.61. The average Bonchev–Trinajstić information content (AvgIpc) is 3.46. The molecular formula is C55H62N4O20. The lowest BCUT2D eigenvalue weighted by atomic mass is 10.1. The molecule has 0 aromatic heterocycles. The van der Waals surface area contributed by atoms with E-state index >= 15 is 0 Å². The third-order valence-electron chi connectivity index (χ3n) is 13.3. The Hall–Kier alpha value is -8.32. The molecule has 4 heterocycles. The Balaban J connectivity index is 1.32. The minimum atomic E-state index is -0.976.